The monoisotopic (exact) mass is 312 g/mol. The Kier molecular flexibility index (Phi) is 5.09. The molecule has 2 heterocycles. The molecule has 7 heteroatoms. The van der Waals surface area contributed by atoms with Crippen LogP contribution in [0.15, 0.2) is 0 Å². The number of carbonyl (C=O) groups excluding carboxylic acids is 1. The zero-order valence-corrected chi connectivity index (χ0v) is 14.7. The van der Waals surface area contributed by atoms with Gasteiger partial charge in [-0.05, 0) is 47.6 Å². The van der Waals surface area contributed by atoms with Gasteiger partial charge in [-0.25, -0.2) is 4.79 Å². The smallest absolute Gasteiger partial charge is 0.410 e. The van der Waals surface area contributed by atoms with Crippen LogP contribution in [-0.4, -0.2) is 73.6 Å². The minimum atomic E-state index is -0.573. The van der Waals surface area contributed by atoms with Gasteiger partial charge in [0.1, 0.15) is 11.7 Å². The van der Waals surface area contributed by atoms with Gasteiger partial charge in [0, 0.05) is 12.6 Å². The Bertz CT molecular complexity index is 411. The van der Waals surface area contributed by atoms with Crippen LogP contribution in [0.3, 0.4) is 0 Å². The Balaban J connectivity index is 2.03. The van der Waals surface area contributed by atoms with Gasteiger partial charge < -0.3 is 23.9 Å². The van der Waals surface area contributed by atoms with Crippen LogP contribution in [0.2, 0.25) is 0 Å². The zero-order valence-electron chi connectivity index (χ0n) is 14.7. The molecule has 2 aliphatic heterocycles. The molecule has 0 unspecified atom stereocenters. The summed E-state index contributed by atoms with van der Waals surface area (Å²) in [5, 5.41) is 0. The molecule has 2 fully saturated rings. The van der Waals surface area contributed by atoms with Crippen molar-refractivity contribution in [2.45, 2.75) is 64.6 Å². The molecule has 2 saturated heterocycles. The molecule has 6 nitrogen and oxygen atoms in total. The van der Waals surface area contributed by atoms with Gasteiger partial charge in [0.2, 0.25) is 0 Å². The first kappa shape index (κ1) is 17.6. The van der Waals surface area contributed by atoms with Gasteiger partial charge in [-0.3, -0.25) is 0 Å². The molecule has 2 atom stereocenters. The number of hydrogen-bond donors (Lipinski definition) is 0. The third-order valence-corrected chi connectivity index (χ3v) is 3.90. The number of nitrogens with zero attached hydrogens (tertiary/aromatic N) is 2. The lowest BCUT2D eigenvalue weighted by molar-refractivity contribution is -0.140. The molecule has 2 rings (SSSR count). The zero-order chi connectivity index (χ0) is 16.5. The quantitative estimate of drug-likeness (QED) is 0.728. The van der Waals surface area contributed by atoms with Crippen LogP contribution in [0.4, 0.5) is 4.79 Å². The van der Waals surface area contributed by atoms with E-state index in [2.05, 4.69) is 12.8 Å². The summed E-state index contributed by atoms with van der Waals surface area (Å²) in [7, 11) is 2.07. The van der Waals surface area contributed by atoms with Crippen LogP contribution in [0, 0.1) is 0 Å². The van der Waals surface area contributed by atoms with Crippen LogP contribution >= 0.6 is 0 Å². The van der Waals surface area contributed by atoms with Gasteiger partial charge in [-0.15, -0.1) is 0 Å². The molecule has 0 bridgehead atoms. The molecule has 0 spiro atoms. The molecule has 0 aliphatic carbocycles. The van der Waals surface area contributed by atoms with Gasteiger partial charge >= 0.3 is 6.09 Å². The molecular weight excluding hydrogens is 283 g/mol. The summed E-state index contributed by atoms with van der Waals surface area (Å²) in [6.45, 7) is 12.4. The van der Waals surface area contributed by atoms with Crippen molar-refractivity contribution in [3.63, 3.8) is 0 Å². The minimum Gasteiger partial charge on any atom is -0.444 e. The van der Waals surface area contributed by atoms with Crippen LogP contribution < -0.4 is 0 Å². The van der Waals surface area contributed by atoms with E-state index in [0.29, 0.717) is 13.2 Å². The van der Waals surface area contributed by atoms with E-state index in [9.17, 15) is 4.79 Å². The third kappa shape index (κ3) is 4.86. The van der Waals surface area contributed by atoms with Crippen molar-refractivity contribution in [1.82, 2.24) is 9.71 Å². The highest BCUT2D eigenvalue weighted by atomic mass is 16.7. The topological polar surface area (TPSA) is 51.2 Å². The summed E-state index contributed by atoms with van der Waals surface area (Å²) in [6.07, 6.45) is 0.599. The maximum atomic E-state index is 12.6. The second-order valence-corrected chi connectivity index (χ2v) is 7.79. The lowest BCUT2D eigenvalue weighted by Gasteiger charge is -2.33. The highest BCUT2D eigenvalue weighted by Crippen LogP contribution is 2.25. The Morgan fingerprint density at radius 3 is 2.59 bits per heavy atom. The Morgan fingerprint density at radius 1 is 1.45 bits per heavy atom. The van der Waals surface area contributed by atoms with Crippen LogP contribution in [-0.2, 0) is 14.2 Å². The Morgan fingerprint density at radius 2 is 2.14 bits per heavy atom. The maximum absolute atomic E-state index is 12.6. The molecule has 126 valence electrons. The molecular formula is C15H29BN2O4. The summed E-state index contributed by atoms with van der Waals surface area (Å²) in [4.78, 5) is 16.6. The number of rotatable bonds is 3. The van der Waals surface area contributed by atoms with E-state index in [4.69, 9.17) is 14.2 Å². The predicted molar refractivity (Wildman–Crippen MR) is 86.4 cm³/mol. The molecule has 0 radical (unpaired) electrons. The first-order valence-electron chi connectivity index (χ1n) is 8.06. The molecule has 2 aliphatic rings. The predicted octanol–water partition coefficient (Wildman–Crippen LogP) is 0.997. The van der Waals surface area contributed by atoms with Crippen molar-refractivity contribution < 1.29 is 19.0 Å². The normalized spacial score (nSPS) is 28.8. The first-order chi connectivity index (χ1) is 10.1. The van der Waals surface area contributed by atoms with Crippen molar-refractivity contribution in [3.05, 3.63) is 0 Å². The second-order valence-electron chi connectivity index (χ2n) is 7.79. The highest BCUT2D eigenvalue weighted by Gasteiger charge is 2.38. The van der Waals surface area contributed by atoms with Gasteiger partial charge in [0.15, 0.2) is 13.8 Å². The summed E-state index contributed by atoms with van der Waals surface area (Å²) in [5.41, 5.74) is -0.494. The maximum Gasteiger partial charge on any atom is 0.410 e. The summed E-state index contributed by atoms with van der Waals surface area (Å²) >= 11 is 0. The number of amides is 1. The number of ether oxygens (including phenoxy) is 3. The van der Waals surface area contributed by atoms with E-state index in [1.54, 1.807) is 0 Å². The van der Waals surface area contributed by atoms with Crippen LogP contribution in [0.5, 0.6) is 0 Å². The molecule has 0 aromatic rings. The Labute approximate surface area is 134 Å². The van der Waals surface area contributed by atoms with E-state index >= 15 is 0 Å². The fraction of sp³-hybridized carbons (Fsp3) is 0.933. The molecule has 22 heavy (non-hydrogen) atoms. The van der Waals surface area contributed by atoms with Crippen molar-refractivity contribution >= 4 is 14.1 Å². The Hall–Kier alpha value is -0.785. The van der Waals surface area contributed by atoms with Crippen molar-refractivity contribution in [2.24, 2.45) is 0 Å². The first-order valence-corrected chi connectivity index (χ1v) is 8.06. The molecule has 0 N–H and O–H groups in total. The fourth-order valence-electron chi connectivity index (χ4n) is 2.93. The molecule has 0 aromatic carbocycles. The SMILES string of the molecule is BN1CC[C@H](N(C[C@H]2COC(C)(C)O2)C(=O)OC(C)(C)C)C1. The van der Waals surface area contributed by atoms with E-state index in [-0.39, 0.29) is 18.2 Å². The standard InChI is InChI=1S/C15H29BN2O4/c1-14(2,3)22-13(19)18(11-6-7-17(16)8-11)9-12-10-20-15(4,5)21-12/h11-12H,6-10,16H2,1-5H3/t11-,12-/m0/s1. The molecule has 0 saturated carbocycles. The summed E-state index contributed by atoms with van der Waals surface area (Å²) < 4.78 is 17.0. The number of hydrogen-bond acceptors (Lipinski definition) is 5. The highest BCUT2D eigenvalue weighted by molar-refractivity contribution is 6.04. The van der Waals surface area contributed by atoms with Gasteiger partial charge in [0.25, 0.3) is 0 Å². The van der Waals surface area contributed by atoms with Gasteiger partial charge in [-0.2, -0.15) is 0 Å². The number of carbonyl (C=O) groups is 1. The van der Waals surface area contributed by atoms with Gasteiger partial charge in [0.05, 0.1) is 13.2 Å². The fourth-order valence-corrected chi connectivity index (χ4v) is 2.93. The summed E-state index contributed by atoms with van der Waals surface area (Å²) in [5.74, 6) is -0.573. The second kappa shape index (κ2) is 6.38. The lowest BCUT2D eigenvalue weighted by Crippen LogP contribution is -2.48. The van der Waals surface area contributed by atoms with Gasteiger partial charge in [-0.1, -0.05) is 0 Å². The van der Waals surface area contributed by atoms with E-state index in [1.807, 2.05) is 39.5 Å². The van der Waals surface area contributed by atoms with Crippen LogP contribution in [0.25, 0.3) is 0 Å². The average molecular weight is 312 g/mol. The van der Waals surface area contributed by atoms with Crippen molar-refractivity contribution in [1.29, 1.82) is 0 Å². The third-order valence-electron chi connectivity index (χ3n) is 3.90. The largest absolute Gasteiger partial charge is 0.444 e. The van der Waals surface area contributed by atoms with E-state index in [0.717, 1.165) is 19.5 Å². The minimum absolute atomic E-state index is 0.103. The summed E-state index contributed by atoms with van der Waals surface area (Å²) in [6, 6.07) is 0.173. The van der Waals surface area contributed by atoms with Crippen molar-refractivity contribution in [2.75, 3.05) is 26.2 Å². The van der Waals surface area contributed by atoms with E-state index in [1.165, 1.54) is 0 Å². The average Bonchev–Trinajstić information content (AvgIpc) is 2.90. The van der Waals surface area contributed by atoms with E-state index < -0.39 is 11.4 Å². The lowest BCUT2D eigenvalue weighted by atomic mass is 10.2. The van der Waals surface area contributed by atoms with Crippen molar-refractivity contribution in [3.8, 4) is 0 Å². The molecule has 0 aromatic heterocycles. The van der Waals surface area contributed by atoms with Crippen LogP contribution in [0.1, 0.15) is 41.0 Å². The molecule has 1 amide bonds.